The predicted molar refractivity (Wildman–Crippen MR) is 72.0 cm³/mol. The molecular formula is C14H29NO2. The van der Waals surface area contributed by atoms with Crippen LogP contribution in [0.25, 0.3) is 0 Å². The Hall–Kier alpha value is -0.570. The van der Waals surface area contributed by atoms with E-state index in [4.69, 9.17) is 4.74 Å². The van der Waals surface area contributed by atoms with E-state index >= 15 is 0 Å². The predicted octanol–water partition coefficient (Wildman–Crippen LogP) is 3.14. The second-order valence-electron chi connectivity index (χ2n) is 5.04. The van der Waals surface area contributed by atoms with E-state index in [1.165, 1.54) is 19.3 Å². The number of rotatable bonds is 11. The number of hydrogen-bond acceptors (Lipinski definition) is 2. The van der Waals surface area contributed by atoms with Crippen LogP contribution in [-0.4, -0.2) is 26.2 Å². The number of nitrogens with one attached hydrogen (secondary N) is 1. The summed E-state index contributed by atoms with van der Waals surface area (Å²) in [6, 6.07) is 0. The molecule has 0 heterocycles. The summed E-state index contributed by atoms with van der Waals surface area (Å²) in [7, 11) is 1.69. The summed E-state index contributed by atoms with van der Waals surface area (Å²) in [5, 5.41) is 2.97. The molecule has 0 saturated carbocycles. The topological polar surface area (TPSA) is 38.3 Å². The maximum Gasteiger partial charge on any atom is 0.219 e. The quantitative estimate of drug-likeness (QED) is 0.566. The molecule has 0 aromatic heterocycles. The van der Waals surface area contributed by atoms with E-state index in [9.17, 15) is 4.79 Å². The molecule has 0 saturated heterocycles. The van der Waals surface area contributed by atoms with Gasteiger partial charge >= 0.3 is 0 Å². The van der Waals surface area contributed by atoms with E-state index in [1.54, 1.807) is 7.11 Å². The monoisotopic (exact) mass is 243 g/mol. The molecule has 0 rings (SSSR count). The molecule has 0 spiro atoms. The minimum Gasteiger partial charge on any atom is -0.385 e. The van der Waals surface area contributed by atoms with Crippen LogP contribution in [0.15, 0.2) is 0 Å². The molecule has 0 aliphatic carbocycles. The van der Waals surface area contributed by atoms with Gasteiger partial charge in [0.15, 0.2) is 0 Å². The van der Waals surface area contributed by atoms with E-state index in [1.807, 2.05) is 0 Å². The van der Waals surface area contributed by atoms with Gasteiger partial charge in [-0.15, -0.1) is 0 Å². The van der Waals surface area contributed by atoms with E-state index < -0.39 is 0 Å². The Balaban J connectivity index is 3.16. The lowest BCUT2D eigenvalue weighted by Gasteiger charge is -2.06. The van der Waals surface area contributed by atoms with Gasteiger partial charge in [0.2, 0.25) is 5.91 Å². The number of hydrogen-bond donors (Lipinski definition) is 1. The Labute approximate surface area is 106 Å². The Kier molecular flexibility index (Phi) is 11.5. The van der Waals surface area contributed by atoms with E-state index in [2.05, 4.69) is 19.2 Å². The fourth-order valence-corrected chi connectivity index (χ4v) is 1.70. The molecule has 17 heavy (non-hydrogen) atoms. The van der Waals surface area contributed by atoms with E-state index in [0.717, 1.165) is 38.3 Å². The summed E-state index contributed by atoms with van der Waals surface area (Å²) in [4.78, 5) is 11.4. The summed E-state index contributed by atoms with van der Waals surface area (Å²) in [6.07, 6.45) is 7.44. The number of ether oxygens (including phenoxy) is 1. The molecule has 0 unspecified atom stereocenters. The van der Waals surface area contributed by atoms with Crippen molar-refractivity contribution in [3.63, 3.8) is 0 Å². The lowest BCUT2D eigenvalue weighted by Crippen LogP contribution is -2.24. The molecule has 0 fully saturated rings. The van der Waals surface area contributed by atoms with Gasteiger partial charge in [0.1, 0.15) is 0 Å². The van der Waals surface area contributed by atoms with Crippen LogP contribution >= 0.6 is 0 Å². The second kappa shape index (κ2) is 11.9. The first kappa shape index (κ1) is 16.4. The number of unbranched alkanes of at least 4 members (excludes halogenated alkanes) is 3. The van der Waals surface area contributed by atoms with Crippen LogP contribution in [0, 0.1) is 5.92 Å². The molecule has 0 aromatic carbocycles. The molecule has 3 heteroatoms. The molecule has 102 valence electrons. The molecule has 0 radical (unpaired) electrons. The Morgan fingerprint density at radius 1 is 1.12 bits per heavy atom. The molecular weight excluding hydrogens is 214 g/mol. The molecule has 1 amide bonds. The van der Waals surface area contributed by atoms with Gasteiger partial charge in [-0.3, -0.25) is 4.79 Å². The molecule has 0 atom stereocenters. The highest BCUT2D eigenvalue weighted by Gasteiger charge is 2.00. The van der Waals surface area contributed by atoms with Crippen LogP contribution in [0.3, 0.4) is 0 Å². The van der Waals surface area contributed by atoms with Gasteiger partial charge in [-0.05, 0) is 25.2 Å². The lowest BCUT2D eigenvalue weighted by atomic mass is 10.1. The third-order valence-corrected chi connectivity index (χ3v) is 2.78. The number of amides is 1. The summed E-state index contributed by atoms with van der Waals surface area (Å²) in [5.74, 6) is 0.982. The van der Waals surface area contributed by atoms with Gasteiger partial charge in [0.25, 0.3) is 0 Å². The fraction of sp³-hybridized carbons (Fsp3) is 0.929. The molecule has 0 bridgehead atoms. The number of methoxy groups -OCH3 is 1. The van der Waals surface area contributed by atoms with Crippen molar-refractivity contribution in [1.29, 1.82) is 0 Å². The summed E-state index contributed by atoms with van der Waals surface area (Å²) >= 11 is 0. The van der Waals surface area contributed by atoms with Crippen molar-refractivity contribution in [2.75, 3.05) is 20.3 Å². The summed E-state index contributed by atoms with van der Waals surface area (Å²) in [6.45, 7) is 6.09. The maximum absolute atomic E-state index is 11.4. The first-order chi connectivity index (χ1) is 8.16. The van der Waals surface area contributed by atoms with Crippen molar-refractivity contribution >= 4 is 5.91 Å². The number of carbonyl (C=O) groups is 1. The van der Waals surface area contributed by atoms with Crippen LogP contribution in [0.5, 0.6) is 0 Å². The largest absolute Gasteiger partial charge is 0.385 e. The van der Waals surface area contributed by atoms with Gasteiger partial charge in [0, 0.05) is 26.7 Å². The van der Waals surface area contributed by atoms with Crippen LogP contribution in [-0.2, 0) is 9.53 Å². The van der Waals surface area contributed by atoms with Gasteiger partial charge < -0.3 is 10.1 Å². The zero-order chi connectivity index (χ0) is 12.9. The van der Waals surface area contributed by atoms with Crippen LogP contribution in [0.2, 0.25) is 0 Å². The highest BCUT2D eigenvalue weighted by atomic mass is 16.5. The molecule has 0 aliphatic heterocycles. The van der Waals surface area contributed by atoms with Gasteiger partial charge in [-0.2, -0.15) is 0 Å². The van der Waals surface area contributed by atoms with Crippen molar-refractivity contribution in [2.45, 2.75) is 58.8 Å². The Morgan fingerprint density at radius 2 is 1.88 bits per heavy atom. The third-order valence-electron chi connectivity index (χ3n) is 2.78. The van der Waals surface area contributed by atoms with Crippen molar-refractivity contribution in [1.82, 2.24) is 5.32 Å². The smallest absolute Gasteiger partial charge is 0.219 e. The fourth-order valence-electron chi connectivity index (χ4n) is 1.70. The van der Waals surface area contributed by atoms with Crippen molar-refractivity contribution in [2.24, 2.45) is 5.92 Å². The average molecular weight is 243 g/mol. The zero-order valence-corrected chi connectivity index (χ0v) is 11.8. The standard InChI is InChI=1S/C14H29NO2/c1-13(2)9-5-4-7-11-15-14(16)10-6-8-12-17-3/h13H,4-12H2,1-3H3,(H,15,16). The van der Waals surface area contributed by atoms with Crippen LogP contribution < -0.4 is 5.32 Å². The molecule has 0 aliphatic rings. The van der Waals surface area contributed by atoms with Gasteiger partial charge in [-0.25, -0.2) is 0 Å². The van der Waals surface area contributed by atoms with Crippen molar-refractivity contribution < 1.29 is 9.53 Å². The highest BCUT2D eigenvalue weighted by Crippen LogP contribution is 2.07. The van der Waals surface area contributed by atoms with Crippen molar-refractivity contribution in [3.05, 3.63) is 0 Å². The average Bonchev–Trinajstić information content (AvgIpc) is 2.29. The van der Waals surface area contributed by atoms with Gasteiger partial charge in [0.05, 0.1) is 0 Å². The SMILES string of the molecule is COCCCCC(=O)NCCCCCC(C)C. The Morgan fingerprint density at radius 3 is 2.53 bits per heavy atom. The zero-order valence-electron chi connectivity index (χ0n) is 11.8. The second-order valence-corrected chi connectivity index (χ2v) is 5.04. The minimum absolute atomic E-state index is 0.185. The molecule has 0 aromatic rings. The maximum atomic E-state index is 11.4. The van der Waals surface area contributed by atoms with Gasteiger partial charge in [-0.1, -0.05) is 33.1 Å². The number of carbonyl (C=O) groups excluding carboxylic acids is 1. The Bertz CT molecular complexity index is 181. The third kappa shape index (κ3) is 13.4. The van der Waals surface area contributed by atoms with E-state index in [0.29, 0.717) is 6.42 Å². The first-order valence-electron chi connectivity index (χ1n) is 6.92. The van der Waals surface area contributed by atoms with E-state index in [-0.39, 0.29) is 5.91 Å². The first-order valence-corrected chi connectivity index (χ1v) is 6.92. The molecule has 3 nitrogen and oxygen atoms in total. The summed E-state index contributed by atoms with van der Waals surface area (Å²) < 4.78 is 4.94. The van der Waals surface area contributed by atoms with Crippen LogP contribution in [0.1, 0.15) is 58.8 Å². The molecule has 1 N–H and O–H groups in total. The normalized spacial score (nSPS) is 10.8. The highest BCUT2D eigenvalue weighted by molar-refractivity contribution is 5.75. The summed E-state index contributed by atoms with van der Waals surface area (Å²) in [5.41, 5.74) is 0. The lowest BCUT2D eigenvalue weighted by molar-refractivity contribution is -0.121. The van der Waals surface area contributed by atoms with Crippen LogP contribution in [0.4, 0.5) is 0 Å². The minimum atomic E-state index is 0.185. The van der Waals surface area contributed by atoms with Crippen molar-refractivity contribution in [3.8, 4) is 0 Å².